The maximum atomic E-state index is 2.39. The van der Waals surface area contributed by atoms with Crippen molar-refractivity contribution in [1.29, 1.82) is 0 Å². The molecule has 368 valence electrons. The van der Waals surface area contributed by atoms with Crippen molar-refractivity contribution < 1.29 is 0 Å². The summed E-state index contributed by atoms with van der Waals surface area (Å²) in [5.74, 6) is 0. The molecule has 0 N–H and O–H groups in total. The summed E-state index contributed by atoms with van der Waals surface area (Å²) in [6.45, 7) is 55.5. The van der Waals surface area contributed by atoms with Crippen LogP contribution < -0.4 is 0 Å². The van der Waals surface area contributed by atoms with Gasteiger partial charge in [0.2, 0.25) is 0 Å². The Morgan fingerprint density at radius 2 is 0.594 bits per heavy atom. The fourth-order valence-electron chi connectivity index (χ4n) is 7.52. The lowest BCUT2D eigenvalue weighted by molar-refractivity contribution is 0.330. The maximum Gasteiger partial charge on any atom is -0.0227 e. The standard InChI is InChI=1S/3C17H28.C13H28/c1-16(2,3)12-11-14-7-9-15(10-8-14)13-17(4,5)6;1-16(2,3)11-10-14-8-7-9-15(12-14)13-17(4,5)6;1-16(2,3)12-11-14-9-7-8-10-15(14)13-17(4,5)6;1-12(2,3)10-8-7-9-11-13(4,5)6/h7-10H,11-13H2,1-6H3;7-9,12H,10-11,13H2,1-6H3;7-10H,11-13H2,1-6H3;7-11H2,1-6H3. The predicted octanol–water partition coefficient (Wildman–Crippen LogP) is 20.8. The largest absolute Gasteiger partial charge is 0.0620 e. The van der Waals surface area contributed by atoms with Gasteiger partial charge in [0.1, 0.15) is 0 Å². The van der Waals surface area contributed by atoms with E-state index < -0.39 is 0 Å². The summed E-state index contributed by atoms with van der Waals surface area (Å²) in [4.78, 5) is 0. The lowest BCUT2D eigenvalue weighted by Gasteiger charge is -2.22. The van der Waals surface area contributed by atoms with Gasteiger partial charge in [-0.15, -0.1) is 0 Å². The Labute approximate surface area is 403 Å². The molecule has 0 fully saturated rings. The minimum absolute atomic E-state index is 0.373. The number of hydrogen-bond acceptors (Lipinski definition) is 0. The van der Waals surface area contributed by atoms with Gasteiger partial charge in [-0.1, -0.05) is 258 Å². The van der Waals surface area contributed by atoms with Crippen LogP contribution in [0.4, 0.5) is 0 Å². The van der Waals surface area contributed by atoms with Gasteiger partial charge >= 0.3 is 0 Å². The zero-order valence-electron chi connectivity index (χ0n) is 47.8. The average Bonchev–Trinajstić information content (AvgIpc) is 3.07. The Morgan fingerprint density at radius 3 is 1.00 bits per heavy atom. The lowest BCUT2D eigenvalue weighted by atomic mass is 9.83. The van der Waals surface area contributed by atoms with Gasteiger partial charge in [0.25, 0.3) is 0 Å². The third-order valence-electron chi connectivity index (χ3n) is 11.1. The van der Waals surface area contributed by atoms with Crippen molar-refractivity contribution in [3.63, 3.8) is 0 Å². The molecular formula is C64H112. The van der Waals surface area contributed by atoms with Crippen molar-refractivity contribution in [2.24, 2.45) is 43.3 Å². The number of aryl methyl sites for hydroxylation is 3. The van der Waals surface area contributed by atoms with Crippen molar-refractivity contribution in [2.75, 3.05) is 0 Å². The van der Waals surface area contributed by atoms with Crippen LogP contribution in [0.2, 0.25) is 0 Å². The molecule has 0 amide bonds. The Bertz CT molecular complexity index is 1620. The Balaban J connectivity index is 0.000000832. The summed E-state index contributed by atoms with van der Waals surface area (Å²) >= 11 is 0. The second kappa shape index (κ2) is 26.9. The molecule has 0 saturated carbocycles. The van der Waals surface area contributed by atoms with E-state index in [9.17, 15) is 0 Å². The van der Waals surface area contributed by atoms with Gasteiger partial charge in [-0.25, -0.2) is 0 Å². The first-order chi connectivity index (χ1) is 28.7. The highest BCUT2D eigenvalue weighted by Gasteiger charge is 2.17. The van der Waals surface area contributed by atoms with E-state index in [4.69, 9.17) is 0 Å². The second-order valence-corrected chi connectivity index (χ2v) is 29.5. The highest BCUT2D eigenvalue weighted by Crippen LogP contribution is 2.29. The molecule has 0 aliphatic heterocycles. The van der Waals surface area contributed by atoms with Crippen LogP contribution in [0.1, 0.15) is 251 Å². The SMILES string of the molecule is CC(C)(C)CCCCCC(C)(C)C.CC(C)(C)CCc1ccc(CC(C)(C)C)cc1.CC(C)(C)CCc1cccc(CC(C)(C)C)c1.CC(C)(C)CCc1ccccc1CC(C)(C)C. The van der Waals surface area contributed by atoms with E-state index in [0.29, 0.717) is 43.3 Å². The summed E-state index contributed by atoms with van der Waals surface area (Å²) in [5.41, 5.74) is 12.4. The Hall–Kier alpha value is -2.34. The Morgan fingerprint density at radius 1 is 0.250 bits per heavy atom. The molecule has 0 aromatic heterocycles. The third kappa shape index (κ3) is 40.0. The molecule has 0 nitrogen and oxygen atoms in total. The van der Waals surface area contributed by atoms with Crippen LogP contribution in [-0.2, 0) is 38.5 Å². The number of unbranched alkanes of at least 4 members (excludes halogenated alkanes) is 2. The molecule has 0 aliphatic rings. The fraction of sp³-hybridized carbons (Fsp3) is 0.719. The zero-order valence-corrected chi connectivity index (χ0v) is 47.8. The smallest absolute Gasteiger partial charge is 0.0227 e. The van der Waals surface area contributed by atoms with Crippen molar-refractivity contribution in [1.82, 2.24) is 0 Å². The minimum Gasteiger partial charge on any atom is -0.0620 e. The molecule has 3 aromatic carbocycles. The fourth-order valence-corrected chi connectivity index (χ4v) is 7.52. The van der Waals surface area contributed by atoms with Crippen molar-refractivity contribution >= 4 is 0 Å². The highest BCUT2D eigenvalue weighted by molar-refractivity contribution is 5.28. The first kappa shape index (κ1) is 61.7. The van der Waals surface area contributed by atoms with Gasteiger partial charge in [0.05, 0.1) is 0 Å². The minimum atomic E-state index is 0.373. The first-order valence-electron chi connectivity index (χ1n) is 25.9. The topological polar surface area (TPSA) is 0 Å². The summed E-state index contributed by atoms with van der Waals surface area (Å²) in [7, 11) is 0. The summed E-state index contributed by atoms with van der Waals surface area (Å²) in [6, 6.07) is 27.2. The van der Waals surface area contributed by atoms with E-state index in [-0.39, 0.29) is 0 Å². The molecule has 3 rings (SSSR count). The van der Waals surface area contributed by atoms with Crippen molar-refractivity contribution in [3.8, 4) is 0 Å². The van der Waals surface area contributed by atoms with Crippen molar-refractivity contribution in [3.05, 3.63) is 106 Å². The van der Waals surface area contributed by atoms with E-state index in [2.05, 4.69) is 239 Å². The zero-order chi connectivity index (χ0) is 49.8. The van der Waals surface area contributed by atoms with Crippen LogP contribution in [0.3, 0.4) is 0 Å². The average molecular weight is 882 g/mol. The molecule has 0 unspecified atom stereocenters. The van der Waals surface area contributed by atoms with Gasteiger partial charge < -0.3 is 0 Å². The molecule has 0 bridgehead atoms. The second-order valence-electron chi connectivity index (χ2n) is 29.5. The first-order valence-corrected chi connectivity index (χ1v) is 25.9. The van der Waals surface area contributed by atoms with Crippen molar-refractivity contribution in [2.45, 2.75) is 256 Å². The van der Waals surface area contributed by atoms with Crippen LogP contribution in [0.25, 0.3) is 0 Å². The van der Waals surface area contributed by atoms with Gasteiger partial charge in [-0.2, -0.15) is 0 Å². The van der Waals surface area contributed by atoms with Crippen LogP contribution in [0.5, 0.6) is 0 Å². The van der Waals surface area contributed by atoms with Gasteiger partial charge in [-0.3, -0.25) is 0 Å². The molecule has 0 spiro atoms. The molecular weight excluding hydrogens is 769 g/mol. The number of benzene rings is 3. The quantitative estimate of drug-likeness (QED) is 0.150. The molecule has 3 aromatic rings. The van der Waals surface area contributed by atoms with E-state index >= 15 is 0 Å². The molecule has 0 saturated heterocycles. The molecule has 0 aliphatic carbocycles. The number of rotatable bonds is 13. The summed E-state index contributed by atoms with van der Waals surface area (Å²) in [6.07, 6.45) is 17.8. The summed E-state index contributed by atoms with van der Waals surface area (Å²) in [5, 5.41) is 0. The molecule has 0 atom stereocenters. The Kier molecular flexibility index (Phi) is 25.9. The third-order valence-corrected chi connectivity index (χ3v) is 11.1. The number of hydrogen-bond donors (Lipinski definition) is 0. The normalized spacial score (nSPS) is 12.9. The summed E-state index contributed by atoms with van der Waals surface area (Å²) < 4.78 is 0. The van der Waals surface area contributed by atoms with Crippen LogP contribution in [-0.4, -0.2) is 0 Å². The van der Waals surface area contributed by atoms with Gasteiger partial charge in [0, 0.05) is 0 Å². The molecule has 0 radical (unpaired) electrons. The van der Waals surface area contributed by atoms with E-state index in [1.165, 1.54) is 110 Å². The van der Waals surface area contributed by atoms with E-state index in [1.807, 2.05) is 0 Å². The van der Waals surface area contributed by atoms with Gasteiger partial charge in [0.15, 0.2) is 0 Å². The van der Waals surface area contributed by atoms with E-state index in [0.717, 1.165) is 12.8 Å². The highest BCUT2D eigenvalue weighted by atomic mass is 14.2. The van der Waals surface area contributed by atoms with Gasteiger partial charge in [-0.05, 0) is 147 Å². The van der Waals surface area contributed by atoms with E-state index in [1.54, 1.807) is 0 Å². The monoisotopic (exact) mass is 881 g/mol. The molecule has 0 heteroatoms. The lowest BCUT2D eigenvalue weighted by Crippen LogP contribution is -2.12. The van der Waals surface area contributed by atoms with Crippen LogP contribution in [0, 0.1) is 43.3 Å². The maximum absolute atomic E-state index is 2.39. The molecule has 64 heavy (non-hydrogen) atoms. The predicted molar refractivity (Wildman–Crippen MR) is 294 cm³/mol. The van der Waals surface area contributed by atoms with Crippen LogP contribution in [0.15, 0.2) is 72.8 Å². The molecule has 0 heterocycles. The van der Waals surface area contributed by atoms with Crippen LogP contribution >= 0.6 is 0 Å².